The first-order chi connectivity index (χ1) is 14.3. The fourth-order valence-corrected chi connectivity index (χ4v) is 3.02. The molecule has 0 heterocycles. The fraction of sp³-hybridized carbons (Fsp3) is 0.190. The minimum atomic E-state index is -1.01. The maximum atomic E-state index is 11.9. The molecule has 0 aromatic heterocycles. The fourth-order valence-electron chi connectivity index (χ4n) is 2.45. The zero-order chi connectivity index (χ0) is 22.3. The lowest BCUT2D eigenvalue weighted by Crippen LogP contribution is -2.15. The molecule has 0 bridgehead atoms. The van der Waals surface area contributed by atoms with Crippen LogP contribution in [0.2, 0.25) is 0 Å². The van der Waals surface area contributed by atoms with Gasteiger partial charge in [-0.15, -0.1) is 0 Å². The van der Waals surface area contributed by atoms with E-state index in [1.54, 1.807) is 24.3 Å². The van der Waals surface area contributed by atoms with Crippen LogP contribution in [0.5, 0.6) is 11.5 Å². The first kappa shape index (κ1) is 23.0. The smallest absolute Gasteiger partial charge is 0.345 e. The second-order valence-corrected chi connectivity index (χ2v) is 6.72. The molecule has 0 fully saturated rings. The number of methoxy groups -OCH3 is 3. The molecule has 8 nitrogen and oxygen atoms in total. The van der Waals surface area contributed by atoms with Crippen molar-refractivity contribution in [2.45, 2.75) is 6.61 Å². The van der Waals surface area contributed by atoms with Crippen LogP contribution in [0.1, 0.15) is 21.5 Å². The summed E-state index contributed by atoms with van der Waals surface area (Å²) in [6, 6.07) is 9.50. The van der Waals surface area contributed by atoms with Crippen LogP contribution in [-0.2, 0) is 25.7 Å². The van der Waals surface area contributed by atoms with E-state index < -0.39 is 17.9 Å². The Balaban J connectivity index is 2.30. The number of carbonyl (C=O) groups excluding carboxylic acids is 2. The Morgan fingerprint density at radius 1 is 1.00 bits per heavy atom. The van der Waals surface area contributed by atoms with Crippen molar-refractivity contribution >= 4 is 39.9 Å². The largest absolute Gasteiger partial charge is 0.493 e. The Kier molecular flexibility index (Phi) is 7.99. The highest BCUT2D eigenvalue weighted by Gasteiger charge is 2.21. The molecule has 2 aromatic rings. The van der Waals surface area contributed by atoms with E-state index >= 15 is 0 Å². The Morgan fingerprint density at radius 3 is 2.10 bits per heavy atom. The molecule has 0 amide bonds. The molecule has 30 heavy (non-hydrogen) atoms. The number of aromatic carboxylic acids is 1. The van der Waals surface area contributed by atoms with E-state index in [0.717, 1.165) is 19.8 Å². The average molecular weight is 479 g/mol. The van der Waals surface area contributed by atoms with Crippen LogP contribution in [0.15, 0.2) is 46.4 Å². The number of ether oxygens (including phenoxy) is 4. The quantitative estimate of drug-likeness (QED) is 0.266. The van der Waals surface area contributed by atoms with Crippen LogP contribution < -0.4 is 9.47 Å². The Bertz CT molecular complexity index is 961. The lowest BCUT2D eigenvalue weighted by Gasteiger charge is -2.14. The van der Waals surface area contributed by atoms with Crippen LogP contribution in [0.25, 0.3) is 6.08 Å². The normalized spacial score (nSPS) is 10.0. The van der Waals surface area contributed by atoms with Gasteiger partial charge in [-0.25, -0.2) is 14.4 Å². The molecule has 0 atom stereocenters. The number of carbonyl (C=O) groups is 3. The zero-order valence-electron chi connectivity index (χ0n) is 16.4. The molecule has 0 saturated heterocycles. The molecule has 0 radical (unpaired) electrons. The van der Waals surface area contributed by atoms with Crippen LogP contribution in [-0.4, -0.2) is 44.3 Å². The SMILES string of the molecule is COC(=O)C(=Cc1cc(Br)c(OCc2ccc(C(=O)O)cc2)c(OC)c1)C(=O)OC. The first-order valence-corrected chi connectivity index (χ1v) is 9.30. The van der Waals surface area contributed by atoms with E-state index in [1.165, 1.54) is 25.3 Å². The third-order valence-corrected chi connectivity index (χ3v) is 4.55. The van der Waals surface area contributed by atoms with Gasteiger partial charge in [0.2, 0.25) is 0 Å². The molecule has 0 aliphatic rings. The summed E-state index contributed by atoms with van der Waals surface area (Å²) < 4.78 is 20.9. The summed E-state index contributed by atoms with van der Waals surface area (Å²) in [6.07, 6.45) is 1.32. The average Bonchev–Trinajstić information content (AvgIpc) is 2.75. The lowest BCUT2D eigenvalue weighted by atomic mass is 10.1. The van der Waals surface area contributed by atoms with Gasteiger partial charge in [-0.05, 0) is 57.4 Å². The van der Waals surface area contributed by atoms with Crippen LogP contribution in [0, 0.1) is 0 Å². The molecular weight excluding hydrogens is 460 g/mol. The third kappa shape index (κ3) is 5.60. The Morgan fingerprint density at radius 2 is 1.60 bits per heavy atom. The monoisotopic (exact) mass is 478 g/mol. The van der Waals surface area contributed by atoms with Gasteiger partial charge in [0.1, 0.15) is 12.2 Å². The van der Waals surface area contributed by atoms with Gasteiger partial charge < -0.3 is 24.1 Å². The van der Waals surface area contributed by atoms with Gasteiger partial charge in [-0.3, -0.25) is 0 Å². The number of halogens is 1. The van der Waals surface area contributed by atoms with Crippen molar-refractivity contribution in [3.63, 3.8) is 0 Å². The highest BCUT2D eigenvalue weighted by molar-refractivity contribution is 9.10. The van der Waals surface area contributed by atoms with Crippen LogP contribution >= 0.6 is 15.9 Å². The molecule has 9 heteroatoms. The standard InChI is InChI=1S/C21H19BrO8/c1-27-17-10-13(8-15(20(25)28-2)21(26)29-3)9-16(22)18(17)30-11-12-4-6-14(7-5-12)19(23)24/h4-10H,11H2,1-3H3,(H,23,24). The predicted octanol–water partition coefficient (Wildman–Crippen LogP) is 3.46. The number of benzene rings is 2. The van der Waals surface area contributed by atoms with Gasteiger partial charge >= 0.3 is 17.9 Å². The van der Waals surface area contributed by atoms with Crippen molar-refractivity contribution in [2.24, 2.45) is 0 Å². The number of carboxylic acid groups (broad SMARTS) is 1. The van der Waals surface area contributed by atoms with Gasteiger partial charge in [0.25, 0.3) is 0 Å². The van der Waals surface area contributed by atoms with Gasteiger partial charge in [0.15, 0.2) is 11.5 Å². The minimum absolute atomic E-state index is 0.166. The van der Waals surface area contributed by atoms with Crippen molar-refractivity contribution < 1.29 is 38.4 Å². The predicted molar refractivity (Wildman–Crippen MR) is 110 cm³/mol. The number of hydrogen-bond acceptors (Lipinski definition) is 7. The molecule has 2 aromatic carbocycles. The highest BCUT2D eigenvalue weighted by atomic mass is 79.9. The number of esters is 2. The summed E-state index contributed by atoms with van der Waals surface area (Å²) in [4.78, 5) is 34.6. The van der Waals surface area contributed by atoms with E-state index in [1.807, 2.05) is 0 Å². The topological polar surface area (TPSA) is 108 Å². The molecule has 2 rings (SSSR count). The number of rotatable bonds is 8. The Labute approximate surface area is 181 Å². The molecule has 158 valence electrons. The van der Waals surface area contributed by atoms with Gasteiger partial charge in [-0.2, -0.15) is 0 Å². The van der Waals surface area contributed by atoms with Gasteiger partial charge in [0.05, 0.1) is 31.4 Å². The van der Waals surface area contributed by atoms with Crippen molar-refractivity contribution in [1.29, 1.82) is 0 Å². The van der Waals surface area contributed by atoms with E-state index in [-0.39, 0.29) is 17.7 Å². The summed E-state index contributed by atoms with van der Waals surface area (Å²) >= 11 is 3.40. The van der Waals surface area contributed by atoms with E-state index in [0.29, 0.717) is 21.5 Å². The zero-order valence-corrected chi connectivity index (χ0v) is 18.0. The lowest BCUT2D eigenvalue weighted by molar-refractivity contribution is -0.143. The van der Waals surface area contributed by atoms with E-state index in [9.17, 15) is 14.4 Å². The maximum absolute atomic E-state index is 11.9. The van der Waals surface area contributed by atoms with Crippen molar-refractivity contribution in [2.75, 3.05) is 21.3 Å². The molecule has 0 spiro atoms. The second kappa shape index (κ2) is 10.4. The van der Waals surface area contributed by atoms with Gasteiger partial charge in [-0.1, -0.05) is 12.1 Å². The maximum Gasteiger partial charge on any atom is 0.345 e. The molecule has 0 unspecified atom stereocenters. The molecule has 0 saturated carbocycles. The first-order valence-electron chi connectivity index (χ1n) is 8.51. The van der Waals surface area contributed by atoms with Crippen molar-refractivity contribution in [1.82, 2.24) is 0 Å². The van der Waals surface area contributed by atoms with Crippen LogP contribution in [0.4, 0.5) is 0 Å². The van der Waals surface area contributed by atoms with Crippen molar-refractivity contribution in [3.8, 4) is 11.5 Å². The highest BCUT2D eigenvalue weighted by Crippen LogP contribution is 2.38. The number of carboxylic acids is 1. The Hall–Kier alpha value is -3.33. The van der Waals surface area contributed by atoms with E-state index in [2.05, 4.69) is 25.4 Å². The molecule has 0 aliphatic heterocycles. The summed E-state index contributed by atoms with van der Waals surface area (Å²) in [5, 5.41) is 8.96. The molecular formula is C21H19BrO8. The second-order valence-electron chi connectivity index (χ2n) is 5.87. The minimum Gasteiger partial charge on any atom is -0.493 e. The summed E-state index contributed by atoms with van der Waals surface area (Å²) in [5.74, 6) is -1.92. The van der Waals surface area contributed by atoms with Crippen LogP contribution in [0.3, 0.4) is 0 Å². The molecule has 0 aliphatic carbocycles. The summed E-state index contributed by atoms with van der Waals surface area (Å²) in [5.41, 5.74) is 1.14. The summed E-state index contributed by atoms with van der Waals surface area (Å²) in [7, 11) is 3.77. The summed E-state index contributed by atoms with van der Waals surface area (Å²) in [6.45, 7) is 0.166. The van der Waals surface area contributed by atoms with E-state index in [4.69, 9.17) is 14.6 Å². The number of hydrogen-bond donors (Lipinski definition) is 1. The third-order valence-electron chi connectivity index (χ3n) is 3.96. The van der Waals surface area contributed by atoms with Crippen molar-refractivity contribution in [3.05, 3.63) is 63.1 Å². The molecule has 1 N–H and O–H groups in total. The van der Waals surface area contributed by atoms with Gasteiger partial charge in [0, 0.05) is 0 Å².